The van der Waals surface area contributed by atoms with E-state index in [-0.39, 0.29) is 19.6 Å². The van der Waals surface area contributed by atoms with Crippen molar-refractivity contribution in [3.63, 3.8) is 0 Å². The van der Waals surface area contributed by atoms with E-state index in [2.05, 4.69) is 5.10 Å². The van der Waals surface area contributed by atoms with Crippen LogP contribution in [0, 0.1) is 5.92 Å². The van der Waals surface area contributed by atoms with Crippen LogP contribution in [0.3, 0.4) is 0 Å². The summed E-state index contributed by atoms with van der Waals surface area (Å²) in [6.07, 6.45) is 2.27. The van der Waals surface area contributed by atoms with Gasteiger partial charge in [-0.3, -0.25) is 14.4 Å². The third-order valence-electron chi connectivity index (χ3n) is 5.99. The van der Waals surface area contributed by atoms with E-state index in [4.69, 9.17) is 9.47 Å². The number of amides is 1. The van der Waals surface area contributed by atoms with Gasteiger partial charge < -0.3 is 14.6 Å². The lowest BCUT2D eigenvalue weighted by molar-refractivity contribution is -0.169. The highest BCUT2D eigenvalue weighted by atomic mass is 32.1. The number of aliphatic carboxylic acids is 1. The zero-order valence-electron chi connectivity index (χ0n) is 20.4. The molecule has 1 fully saturated rings. The summed E-state index contributed by atoms with van der Waals surface area (Å²) in [5.74, 6) is -2.87. The van der Waals surface area contributed by atoms with E-state index < -0.39 is 41.1 Å². The number of thiophene rings is 1. The van der Waals surface area contributed by atoms with Gasteiger partial charge >= 0.3 is 18.0 Å². The van der Waals surface area contributed by atoms with Crippen molar-refractivity contribution in [2.24, 2.45) is 5.92 Å². The predicted molar refractivity (Wildman–Crippen MR) is 132 cm³/mol. The Morgan fingerprint density at radius 3 is 2.47 bits per heavy atom. The highest BCUT2D eigenvalue weighted by Gasteiger charge is 2.63. The van der Waals surface area contributed by atoms with Crippen molar-refractivity contribution < 1.29 is 29.0 Å². The van der Waals surface area contributed by atoms with Gasteiger partial charge in [0.15, 0.2) is 5.54 Å². The van der Waals surface area contributed by atoms with Gasteiger partial charge in [0.25, 0.3) is 0 Å². The van der Waals surface area contributed by atoms with Gasteiger partial charge in [0.05, 0.1) is 18.5 Å². The molecule has 0 bridgehead atoms. The van der Waals surface area contributed by atoms with E-state index in [1.807, 2.05) is 35.7 Å². The van der Waals surface area contributed by atoms with E-state index >= 15 is 0 Å². The van der Waals surface area contributed by atoms with Gasteiger partial charge in [-0.2, -0.15) is 5.10 Å². The fraction of sp³-hybridized carbons (Fsp3) is 0.385. The first kappa shape index (κ1) is 25.4. The Morgan fingerprint density at radius 2 is 1.89 bits per heavy atom. The number of likely N-dealkylation sites (tertiary alicyclic amines) is 1. The first-order chi connectivity index (χ1) is 17.1. The number of benzene rings is 1. The van der Waals surface area contributed by atoms with Crippen LogP contribution in [0.1, 0.15) is 43.7 Å². The second kappa shape index (κ2) is 10.1. The molecule has 1 aliphatic rings. The minimum absolute atomic E-state index is 0.0305. The van der Waals surface area contributed by atoms with Gasteiger partial charge in [0.1, 0.15) is 12.2 Å². The summed E-state index contributed by atoms with van der Waals surface area (Å²) >= 11 is 1.32. The molecule has 190 valence electrons. The first-order valence-corrected chi connectivity index (χ1v) is 12.5. The summed E-state index contributed by atoms with van der Waals surface area (Å²) in [6, 6.07) is 13.5. The number of carboxylic acid groups (broad SMARTS) is 1. The Bertz CT molecular complexity index is 1190. The average Bonchev–Trinajstić information content (AvgIpc) is 3.58. The van der Waals surface area contributed by atoms with Crippen molar-refractivity contribution in [2.75, 3.05) is 0 Å². The smallest absolute Gasteiger partial charge is 0.411 e. The molecule has 3 heterocycles. The quantitative estimate of drug-likeness (QED) is 0.465. The van der Waals surface area contributed by atoms with Crippen LogP contribution in [-0.2, 0) is 32.2 Å². The van der Waals surface area contributed by atoms with Gasteiger partial charge in [-0.05, 0) is 50.3 Å². The molecule has 3 atom stereocenters. The summed E-state index contributed by atoms with van der Waals surface area (Å²) < 4.78 is 13.0. The SMILES string of the molecule is CC(C)(C)OC(=O)C1(Cn2cccn2)CC(C(=O)O)C(c2cccs2)N1C(=O)OCc1ccccc1. The molecule has 4 rings (SSSR count). The van der Waals surface area contributed by atoms with Gasteiger partial charge in [-0.15, -0.1) is 11.3 Å². The molecular weight excluding hydrogens is 482 g/mol. The van der Waals surface area contributed by atoms with Crippen molar-refractivity contribution in [3.8, 4) is 0 Å². The van der Waals surface area contributed by atoms with Gasteiger partial charge in [-0.25, -0.2) is 9.59 Å². The van der Waals surface area contributed by atoms with Crippen LogP contribution in [0.2, 0.25) is 0 Å². The molecule has 0 aliphatic carbocycles. The van der Waals surface area contributed by atoms with Crippen molar-refractivity contribution in [3.05, 3.63) is 76.7 Å². The maximum atomic E-state index is 13.9. The zero-order valence-corrected chi connectivity index (χ0v) is 21.2. The number of hydrogen-bond donors (Lipinski definition) is 1. The number of carbonyl (C=O) groups is 3. The Labute approximate surface area is 213 Å². The maximum absolute atomic E-state index is 13.9. The number of hydrogen-bond acceptors (Lipinski definition) is 7. The first-order valence-electron chi connectivity index (χ1n) is 11.6. The molecule has 1 amide bonds. The third-order valence-corrected chi connectivity index (χ3v) is 6.94. The number of carboxylic acids is 1. The molecular formula is C26H29N3O6S. The van der Waals surface area contributed by atoms with Crippen LogP contribution in [0.25, 0.3) is 0 Å². The number of nitrogens with zero attached hydrogens (tertiary/aromatic N) is 3. The lowest BCUT2D eigenvalue weighted by Crippen LogP contribution is -2.58. The highest BCUT2D eigenvalue weighted by Crippen LogP contribution is 2.50. The molecule has 3 aromatic rings. The molecule has 0 radical (unpaired) electrons. The van der Waals surface area contributed by atoms with Crippen molar-refractivity contribution in [1.82, 2.24) is 14.7 Å². The second-order valence-electron chi connectivity index (χ2n) is 9.76. The number of aromatic nitrogens is 2. The minimum atomic E-state index is -1.66. The van der Waals surface area contributed by atoms with Gasteiger partial charge in [-0.1, -0.05) is 36.4 Å². The van der Waals surface area contributed by atoms with Crippen LogP contribution in [0.15, 0.2) is 66.3 Å². The Balaban J connectivity index is 1.82. The third kappa shape index (κ3) is 5.28. The zero-order chi connectivity index (χ0) is 25.9. The number of esters is 1. The van der Waals surface area contributed by atoms with Gasteiger partial charge in [0, 0.05) is 17.3 Å². The van der Waals surface area contributed by atoms with E-state index in [1.54, 1.807) is 51.4 Å². The normalized spacial score (nSPS) is 21.8. The van der Waals surface area contributed by atoms with Crippen LogP contribution in [0.5, 0.6) is 0 Å². The number of carbonyl (C=O) groups excluding carboxylic acids is 2. The molecule has 2 aromatic heterocycles. The molecule has 36 heavy (non-hydrogen) atoms. The summed E-state index contributed by atoms with van der Waals surface area (Å²) in [6.45, 7) is 5.07. The Hall–Kier alpha value is -3.66. The number of ether oxygens (including phenoxy) is 2. The number of rotatable bonds is 7. The van der Waals surface area contributed by atoms with Crippen molar-refractivity contribution in [2.45, 2.75) is 57.5 Å². The van der Waals surface area contributed by atoms with Crippen molar-refractivity contribution >= 4 is 29.4 Å². The molecule has 1 N–H and O–H groups in total. The molecule has 1 aliphatic heterocycles. The molecule has 0 spiro atoms. The minimum Gasteiger partial charge on any atom is -0.481 e. The Morgan fingerprint density at radius 1 is 1.14 bits per heavy atom. The van der Waals surface area contributed by atoms with Crippen molar-refractivity contribution in [1.29, 1.82) is 0 Å². The van der Waals surface area contributed by atoms with E-state index in [1.165, 1.54) is 20.9 Å². The lowest BCUT2D eigenvalue weighted by Gasteiger charge is -2.39. The molecule has 0 saturated carbocycles. The van der Waals surface area contributed by atoms with E-state index in [0.717, 1.165) is 5.56 Å². The summed E-state index contributed by atoms with van der Waals surface area (Å²) in [7, 11) is 0. The molecule has 3 unspecified atom stereocenters. The van der Waals surface area contributed by atoms with Crippen LogP contribution in [0.4, 0.5) is 4.79 Å². The lowest BCUT2D eigenvalue weighted by atomic mass is 9.90. The van der Waals surface area contributed by atoms with Crippen LogP contribution < -0.4 is 0 Å². The van der Waals surface area contributed by atoms with Crippen LogP contribution in [-0.4, -0.2) is 49.0 Å². The standard InChI is InChI=1S/C26H29N3O6S/c1-25(2,3)35-23(32)26(17-28-13-8-12-27-28)15-19(22(30)31)21(20-11-7-14-36-20)29(26)24(33)34-16-18-9-5-4-6-10-18/h4-14,19,21H,15-17H2,1-3H3,(H,30,31). The highest BCUT2D eigenvalue weighted by molar-refractivity contribution is 7.10. The predicted octanol–water partition coefficient (Wildman–Crippen LogP) is 4.51. The largest absolute Gasteiger partial charge is 0.481 e. The summed E-state index contributed by atoms with van der Waals surface area (Å²) in [4.78, 5) is 42.1. The fourth-order valence-electron chi connectivity index (χ4n) is 4.53. The average molecular weight is 512 g/mol. The molecule has 9 nitrogen and oxygen atoms in total. The molecule has 1 saturated heterocycles. The summed E-state index contributed by atoms with van der Waals surface area (Å²) in [5, 5.41) is 16.3. The second-order valence-corrected chi connectivity index (χ2v) is 10.7. The molecule has 1 aromatic carbocycles. The van der Waals surface area contributed by atoms with Crippen LogP contribution >= 0.6 is 11.3 Å². The fourth-order valence-corrected chi connectivity index (χ4v) is 5.41. The Kier molecular flexibility index (Phi) is 7.16. The monoisotopic (exact) mass is 511 g/mol. The summed E-state index contributed by atoms with van der Waals surface area (Å²) in [5.41, 5.74) is -1.76. The maximum Gasteiger partial charge on any atom is 0.411 e. The van der Waals surface area contributed by atoms with E-state index in [9.17, 15) is 19.5 Å². The van der Waals surface area contributed by atoms with E-state index in [0.29, 0.717) is 4.88 Å². The topological polar surface area (TPSA) is 111 Å². The molecule has 10 heteroatoms. The van der Waals surface area contributed by atoms with Gasteiger partial charge in [0.2, 0.25) is 0 Å².